The number of aromatic nitrogens is 2. The van der Waals surface area contributed by atoms with Crippen molar-refractivity contribution in [1.29, 1.82) is 0 Å². The number of amides is 1. The molecule has 6 nitrogen and oxygen atoms in total. The number of hydrogen-bond acceptors (Lipinski definition) is 4. The molecule has 0 saturated carbocycles. The molecule has 0 N–H and O–H groups in total. The lowest BCUT2D eigenvalue weighted by Gasteiger charge is -2.22. The number of rotatable bonds is 5. The van der Waals surface area contributed by atoms with Crippen LogP contribution in [0.5, 0.6) is 0 Å². The standard InChI is InChI=1S/C19H26N4O2/c1-21-13-16(12-20-21)14-22-8-5-9-23(11-10-22)19(24)18-7-4-3-6-17(18)15-25-2/h3-4,6-7,12-13H,5,8-11,14-15H2,1-2H3. The van der Waals surface area contributed by atoms with Gasteiger partial charge in [0.15, 0.2) is 0 Å². The Morgan fingerprint density at radius 2 is 2.04 bits per heavy atom. The largest absolute Gasteiger partial charge is 0.380 e. The minimum atomic E-state index is 0.107. The van der Waals surface area contributed by atoms with Crippen molar-refractivity contribution < 1.29 is 9.53 Å². The topological polar surface area (TPSA) is 50.6 Å². The van der Waals surface area contributed by atoms with Gasteiger partial charge in [-0.1, -0.05) is 18.2 Å². The van der Waals surface area contributed by atoms with Gasteiger partial charge in [0.05, 0.1) is 12.8 Å². The Labute approximate surface area is 149 Å². The van der Waals surface area contributed by atoms with Crippen molar-refractivity contribution in [2.75, 3.05) is 33.3 Å². The summed E-state index contributed by atoms with van der Waals surface area (Å²) in [7, 11) is 3.59. The van der Waals surface area contributed by atoms with Crippen LogP contribution < -0.4 is 0 Å². The molecular weight excluding hydrogens is 316 g/mol. The number of benzene rings is 1. The highest BCUT2D eigenvalue weighted by atomic mass is 16.5. The Morgan fingerprint density at radius 1 is 1.20 bits per heavy atom. The molecule has 0 atom stereocenters. The van der Waals surface area contributed by atoms with Gasteiger partial charge in [-0.2, -0.15) is 5.10 Å². The zero-order valence-electron chi connectivity index (χ0n) is 15.0. The lowest BCUT2D eigenvalue weighted by atomic mass is 10.1. The van der Waals surface area contributed by atoms with Gasteiger partial charge in [-0.3, -0.25) is 14.4 Å². The molecule has 2 heterocycles. The van der Waals surface area contributed by atoms with Crippen molar-refractivity contribution in [3.05, 3.63) is 53.3 Å². The fourth-order valence-electron chi connectivity index (χ4n) is 3.32. The van der Waals surface area contributed by atoms with E-state index in [2.05, 4.69) is 16.2 Å². The summed E-state index contributed by atoms with van der Waals surface area (Å²) in [6.07, 6.45) is 4.95. The van der Waals surface area contributed by atoms with Crippen molar-refractivity contribution in [1.82, 2.24) is 19.6 Å². The summed E-state index contributed by atoms with van der Waals surface area (Å²) in [6, 6.07) is 7.72. The van der Waals surface area contributed by atoms with Crippen molar-refractivity contribution in [2.24, 2.45) is 7.05 Å². The molecular formula is C19H26N4O2. The van der Waals surface area contributed by atoms with Crippen LogP contribution in [0.2, 0.25) is 0 Å². The Morgan fingerprint density at radius 3 is 2.80 bits per heavy atom. The van der Waals surface area contributed by atoms with Gasteiger partial charge in [-0.25, -0.2) is 0 Å². The van der Waals surface area contributed by atoms with Gasteiger partial charge in [0.1, 0.15) is 0 Å². The van der Waals surface area contributed by atoms with Crippen molar-refractivity contribution in [2.45, 2.75) is 19.6 Å². The number of aryl methyl sites for hydroxylation is 1. The second-order valence-electron chi connectivity index (χ2n) is 6.53. The van der Waals surface area contributed by atoms with Crippen LogP contribution in [-0.2, 0) is 24.9 Å². The molecule has 2 aromatic rings. The van der Waals surface area contributed by atoms with E-state index in [0.29, 0.717) is 6.61 Å². The van der Waals surface area contributed by atoms with Gasteiger partial charge >= 0.3 is 0 Å². The van der Waals surface area contributed by atoms with Gasteiger partial charge in [0.25, 0.3) is 5.91 Å². The molecule has 1 aromatic heterocycles. The summed E-state index contributed by atoms with van der Waals surface area (Å²) in [6.45, 7) is 4.77. The maximum absolute atomic E-state index is 13.0. The first-order chi connectivity index (χ1) is 12.2. The van der Waals surface area contributed by atoms with Crippen LogP contribution in [0.3, 0.4) is 0 Å². The highest BCUT2D eigenvalue weighted by Gasteiger charge is 2.22. The number of carbonyl (C=O) groups excluding carboxylic acids is 1. The molecule has 0 aliphatic carbocycles. The smallest absolute Gasteiger partial charge is 0.254 e. The molecule has 25 heavy (non-hydrogen) atoms. The van der Waals surface area contributed by atoms with E-state index >= 15 is 0 Å². The van der Waals surface area contributed by atoms with Crippen molar-refractivity contribution >= 4 is 5.91 Å². The highest BCUT2D eigenvalue weighted by molar-refractivity contribution is 5.95. The summed E-state index contributed by atoms with van der Waals surface area (Å²) >= 11 is 0. The summed E-state index contributed by atoms with van der Waals surface area (Å²) in [5.74, 6) is 0.107. The zero-order valence-corrected chi connectivity index (χ0v) is 15.0. The van der Waals surface area contributed by atoms with Crippen LogP contribution in [0.4, 0.5) is 0 Å². The predicted octanol–water partition coefficient (Wildman–Crippen LogP) is 1.91. The quantitative estimate of drug-likeness (QED) is 0.833. The predicted molar refractivity (Wildman–Crippen MR) is 96.2 cm³/mol. The molecule has 0 radical (unpaired) electrons. The number of hydrogen-bond donors (Lipinski definition) is 0. The van der Waals surface area contributed by atoms with Gasteiger partial charge in [-0.05, 0) is 18.1 Å². The summed E-state index contributed by atoms with van der Waals surface area (Å²) in [4.78, 5) is 17.3. The average Bonchev–Trinajstić information content (AvgIpc) is 2.88. The molecule has 1 aromatic carbocycles. The van der Waals surface area contributed by atoms with Crippen LogP contribution in [-0.4, -0.2) is 58.8 Å². The lowest BCUT2D eigenvalue weighted by molar-refractivity contribution is 0.0756. The van der Waals surface area contributed by atoms with Gasteiger partial charge in [0.2, 0.25) is 0 Å². The second-order valence-corrected chi connectivity index (χ2v) is 6.53. The van der Waals surface area contributed by atoms with E-state index in [1.807, 2.05) is 47.1 Å². The first-order valence-electron chi connectivity index (χ1n) is 8.73. The van der Waals surface area contributed by atoms with Crippen LogP contribution in [0, 0.1) is 0 Å². The number of methoxy groups -OCH3 is 1. The summed E-state index contributed by atoms with van der Waals surface area (Å²) in [5.41, 5.74) is 2.92. The van der Waals surface area contributed by atoms with E-state index in [4.69, 9.17) is 4.74 Å². The van der Waals surface area contributed by atoms with E-state index in [1.54, 1.807) is 7.11 Å². The SMILES string of the molecule is COCc1ccccc1C(=O)N1CCCN(Cc2cnn(C)c2)CC1. The third-order valence-corrected chi connectivity index (χ3v) is 4.59. The van der Waals surface area contributed by atoms with Crippen molar-refractivity contribution in [3.8, 4) is 0 Å². The lowest BCUT2D eigenvalue weighted by Crippen LogP contribution is -2.35. The Balaban J connectivity index is 1.63. The second kappa shape index (κ2) is 8.27. The molecule has 0 spiro atoms. The zero-order chi connectivity index (χ0) is 17.6. The Bertz CT molecular complexity index is 713. The summed E-state index contributed by atoms with van der Waals surface area (Å²) in [5, 5.41) is 4.23. The minimum Gasteiger partial charge on any atom is -0.380 e. The maximum atomic E-state index is 13.0. The third kappa shape index (κ3) is 4.46. The van der Waals surface area contributed by atoms with Crippen LogP contribution >= 0.6 is 0 Å². The van der Waals surface area contributed by atoms with Crippen LogP contribution in [0.25, 0.3) is 0 Å². The monoisotopic (exact) mass is 342 g/mol. The highest BCUT2D eigenvalue weighted by Crippen LogP contribution is 2.15. The van der Waals surface area contributed by atoms with E-state index in [-0.39, 0.29) is 5.91 Å². The Hall–Kier alpha value is -2.18. The molecule has 1 amide bonds. The fourth-order valence-corrected chi connectivity index (χ4v) is 3.32. The molecule has 1 fully saturated rings. The number of ether oxygens (including phenoxy) is 1. The van der Waals surface area contributed by atoms with E-state index in [1.165, 1.54) is 5.56 Å². The molecule has 6 heteroatoms. The fraction of sp³-hybridized carbons (Fsp3) is 0.474. The van der Waals surface area contributed by atoms with Gasteiger partial charge in [-0.15, -0.1) is 0 Å². The third-order valence-electron chi connectivity index (χ3n) is 4.59. The van der Waals surface area contributed by atoms with Gasteiger partial charge in [0, 0.05) is 64.2 Å². The van der Waals surface area contributed by atoms with Gasteiger partial charge < -0.3 is 9.64 Å². The average molecular weight is 342 g/mol. The first kappa shape index (κ1) is 17.6. The number of nitrogens with zero attached hydrogens (tertiary/aromatic N) is 4. The van der Waals surface area contributed by atoms with Crippen molar-refractivity contribution in [3.63, 3.8) is 0 Å². The van der Waals surface area contributed by atoms with E-state index in [9.17, 15) is 4.79 Å². The summed E-state index contributed by atoms with van der Waals surface area (Å²) < 4.78 is 7.06. The Kier molecular flexibility index (Phi) is 5.83. The molecule has 3 rings (SSSR count). The normalized spacial score (nSPS) is 16.0. The molecule has 134 valence electrons. The molecule has 1 saturated heterocycles. The molecule has 1 aliphatic rings. The molecule has 1 aliphatic heterocycles. The first-order valence-corrected chi connectivity index (χ1v) is 8.73. The number of carbonyl (C=O) groups is 1. The van der Waals surface area contributed by atoms with E-state index in [0.717, 1.165) is 50.3 Å². The molecule has 0 bridgehead atoms. The van der Waals surface area contributed by atoms with Crippen LogP contribution in [0.1, 0.15) is 27.9 Å². The minimum absolute atomic E-state index is 0.107. The van der Waals surface area contributed by atoms with Crippen LogP contribution in [0.15, 0.2) is 36.7 Å². The van der Waals surface area contributed by atoms with E-state index < -0.39 is 0 Å². The maximum Gasteiger partial charge on any atom is 0.254 e. The molecule has 0 unspecified atom stereocenters.